The number of hydrazine groups is 1. The normalized spacial score (nSPS) is 22.9. The maximum atomic E-state index is 11.5. The molecule has 0 bridgehead atoms. The summed E-state index contributed by atoms with van der Waals surface area (Å²) in [5.41, 5.74) is 4.71. The Morgan fingerprint density at radius 2 is 2.07 bits per heavy atom. The number of rotatable bonds is 1. The zero-order chi connectivity index (χ0) is 10.6. The van der Waals surface area contributed by atoms with Crippen molar-refractivity contribution in [2.75, 3.05) is 20.1 Å². The Bertz CT molecular complexity index is 230. The minimum Gasteiger partial charge on any atom is -0.306 e. The summed E-state index contributed by atoms with van der Waals surface area (Å²) in [6.45, 7) is 3.18. The number of hydrogen-bond acceptors (Lipinski definition) is 3. The van der Waals surface area contributed by atoms with Crippen molar-refractivity contribution in [1.82, 2.24) is 15.8 Å². The van der Waals surface area contributed by atoms with Crippen LogP contribution in [0.4, 0.5) is 0 Å². The highest BCUT2D eigenvalue weighted by Crippen LogP contribution is 2.14. The zero-order valence-electron chi connectivity index (χ0n) is 8.67. The van der Waals surface area contributed by atoms with E-state index < -0.39 is 0 Å². The van der Waals surface area contributed by atoms with Crippen molar-refractivity contribution in [3.8, 4) is 0 Å². The van der Waals surface area contributed by atoms with Gasteiger partial charge in [0.1, 0.15) is 0 Å². The topological polar surface area (TPSA) is 61.4 Å². The largest absolute Gasteiger partial charge is 0.306 e. The van der Waals surface area contributed by atoms with Crippen LogP contribution in [0.3, 0.4) is 0 Å². The van der Waals surface area contributed by atoms with Crippen molar-refractivity contribution in [2.45, 2.75) is 19.8 Å². The average Bonchev–Trinajstić information content (AvgIpc) is 2.14. The van der Waals surface area contributed by atoms with Crippen molar-refractivity contribution in [2.24, 2.45) is 5.92 Å². The molecular weight excluding hydrogens is 182 g/mol. The van der Waals surface area contributed by atoms with Crippen LogP contribution in [0.1, 0.15) is 19.8 Å². The van der Waals surface area contributed by atoms with Crippen molar-refractivity contribution < 1.29 is 9.59 Å². The standard InChI is InChI=1S/C9H17N3O2/c1-7(13)10-11-9(14)8-4-3-5-12(2)6-8/h8H,3-6H2,1-2H3,(H,10,13)(H,11,14). The second-order valence-corrected chi connectivity index (χ2v) is 3.77. The fourth-order valence-electron chi connectivity index (χ4n) is 1.63. The van der Waals surface area contributed by atoms with E-state index in [1.807, 2.05) is 7.05 Å². The second-order valence-electron chi connectivity index (χ2n) is 3.77. The van der Waals surface area contributed by atoms with E-state index in [0.717, 1.165) is 25.9 Å². The number of carbonyl (C=O) groups is 2. The smallest absolute Gasteiger partial charge is 0.242 e. The van der Waals surface area contributed by atoms with E-state index >= 15 is 0 Å². The lowest BCUT2D eigenvalue weighted by Gasteiger charge is -2.28. The van der Waals surface area contributed by atoms with Gasteiger partial charge in [0.25, 0.3) is 0 Å². The maximum absolute atomic E-state index is 11.5. The molecule has 0 saturated carbocycles. The lowest BCUT2D eigenvalue weighted by atomic mass is 9.98. The molecule has 14 heavy (non-hydrogen) atoms. The molecule has 1 aliphatic rings. The molecule has 1 unspecified atom stereocenters. The number of hydrogen-bond donors (Lipinski definition) is 2. The van der Waals surface area contributed by atoms with Gasteiger partial charge >= 0.3 is 0 Å². The molecular formula is C9H17N3O2. The predicted octanol–water partition coefficient (Wildman–Crippen LogP) is -0.504. The highest BCUT2D eigenvalue weighted by Gasteiger charge is 2.23. The molecule has 80 valence electrons. The first kappa shape index (κ1) is 11.0. The molecule has 2 N–H and O–H groups in total. The molecule has 0 aromatic heterocycles. The summed E-state index contributed by atoms with van der Waals surface area (Å²) in [5, 5.41) is 0. The summed E-state index contributed by atoms with van der Waals surface area (Å²) < 4.78 is 0. The van der Waals surface area contributed by atoms with Crippen LogP contribution in [0.25, 0.3) is 0 Å². The molecule has 0 aromatic carbocycles. The third-order valence-electron chi connectivity index (χ3n) is 2.36. The number of carbonyl (C=O) groups excluding carboxylic acids is 2. The lowest BCUT2D eigenvalue weighted by molar-refractivity contribution is -0.131. The van der Waals surface area contributed by atoms with Gasteiger partial charge in [0.05, 0.1) is 5.92 Å². The minimum absolute atomic E-state index is 0.000556. The molecule has 2 amide bonds. The van der Waals surface area contributed by atoms with Gasteiger partial charge in [-0.2, -0.15) is 0 Å². The average molecular weight is 199 g/mol. The van der Waals surface area contributed by atoms with Gasteiger partial charge < -0.3 is 4.90 Å². The van der Waals surface area contributed by atoms with Crippen molar-refractivity contribution >= 4 is 11.8 Å². The molecule has 5 nitrogen and oxygen atoms in total. The van der Waals surface area contributed by atoms with Gasteiger partial charge in [-0.25, -0.2) is 0 Å². The van der Waals surface area contributed by atoms with Gasteiger partial charge in [0.15, 0.2) is 0 Å². The van der Waals surface area contributed by atoms with E-state index in [1.54, 1.807) is 0 Å². The molecule has 0 spiro atoms. The second kappa shape index (κ2) is 4.95. The van der Waals surface area contributed by atoms with Crippen LogP contribution in [0.5, 0.6) is 0 Å². The number of nitrogens with one attached hydrogen (secondary N) is 2. The Morgan fingerprint density at radius 3 is 2.64 bits per heavy atom. The zero-order valence-corrected chi connectivity index (χ0v) is 8.67. The fourth-order valence-corrected chi connectivity index (χ4v) is 1.63. The molecule has 0 aromatic rings. The number of amides is 2. The van der Waals surface area contributed by atoms with E-state index in [2.05, 4.69) is 15.8 Å². The summed E-state index contributed by atoms with van der Waals surface area (Å²) in [6, 6.07) is 0. The van der Waals surface area contributed by atoms with Crippen molar-refractivity contribution in [3.05, 3.63) is 0 Å². The quantitative estimate of drug-likeness (QED) is 0.559. The van der Waals surface area contributed by atoms with Crippen LogP contribution in [-0.4, -0.2) is 36.9 Å². The monoisotopic (exact) mass is 199 g/mol. The van der Waals surface area contributed by atoms with Gasteiger partial charge in [-0.1, -0.05) is 0 Å². The summed E-state index contributed by atoms with van der Waals surface area (Å²) in [4.78, 5) is 24.2. The third-order valence-corrected chi connectivity index (χ3v) is 2.36. The molecule has 1 saturated heterocycles. The maximum Gasteiger partial charge on any atom is 0.242 e. The van der Waals surface area contributed by atoms with Crippen LogP contribution >= 0.6 is 0 Å². The lowest BCUT2D eigenvalue weighted by Crippen LogP contribution is -2.47. The number of piperidine rings is 1. The van der Waals surface area contributed by atoms with Crippen LogP contribution in [0.2, 0.25) is 0 Å². The molecule has 5 heteroatoms. The van der Waals surface area contributed by atoms with E-state index in [0.29, 0.717) is 0 Å². The van der Waals surface area contributed by atoms with Gasteiger partial charge in [-0.05, 0) is 26.4 Å². The number of nitrogens with zero attached hydrogens (tertiary/aromatic N) is 1. The summed E-state index contributed by atoms with van der Waals surface area (Å²) in [7, 11) is 2.00. The Labute approximate surface area is 83.8 Å². The Balaban J connectivity index is 2.32. The fraction of sp³-hybridized carbons (Fsp3) is 0.778. The third kappa shape index (κ3) is 3.33. The Kier molecular flexibility index (Phi) is 3.88. The predicted molar refractivity (Wildman–Crippen MR) is 52.2 cm³/mol. The molecule has 1 heterocycles. The van der Waals surface area contributed by atoms with Gasteiger partial charge in [0, 0.05) is 13.5 Å². The van der Waals surface area contributed by atoms with E-state index in [9.17, 15) is 9.59 Å². The molecule has 0 radical (unpaired) electrons. The minimum atomic E-state index is -0.248. The molecule has 1 atom stereocenters. The highest BCUT2D eigenvalue weighted by molar-refractivity contribution is 5.82. The summed E-state index contributed by atoms with van der Waals surface area (Å²) >= 11 is 0. The van der Waals surface area contributed by atoms with Crippen molar-refractivity contribution in [1.29, 1.82) is 0 Å². The Hall–Kier alpha value is -1.10. The van der Waals surface area contributed by atoms with E-state index in [1.165, 1.54) is 6.92 Å². The molecule has 1 aliphatic heterocycles. The van der Waals surface area contributed by atoms with Crippen LogP contribution < -0.4 is 10.9 Å². The van der Waals surface area contributed by atoms with E-state index in [-0.39, 0.29) is 17.7 Å². The van der Waals surface area contributed by atoms with Crippen molar-refractivity contribution in [3.63, 3.8) is 0 Å². The first-order chi connectivity index (χ1) is 6.59. The Morgan fingerprint density at radius 1 is 1.36 bits per heavy atom. The van der Waals surface area contributed by atoms with Crippen LogP contribution in [-0.2, 0) is 9.59 Å². The van der Waals surface area contributed by atoms with Gasteiger partial charge in [-0.15, -0.1) is 0 Å². The van der Waals surface area contributed by atoms with Gasteiger partial charge in [0.2, 0.25) is 11.8 Å². The summed E-state index contributed by atoms with van der Waals surface area (Å²) in [6.07, 6.45) is 1.93. The SMILES string of the molecule is CC(=O)NNC(=O)C1CCCN(C)C1. The van der Waals surface area contributed by atoms with Crippen LogP contribution in [0, 0.1) is 5.92 Å². The molecule has 1 rings (SSSR count). The first-order valence-electron chi connectivity index (χ1n) is 4.84. The summed E-state index contributed by atoms with van der Waals surface area (Å²) in [5.74, 6) is -0.338. The van der Waals surface area contributed by atoms with E-state index in [4.69, 9.17) is 0 Å². The van der Waals surface area contributed by atoms with Crippen LogP contribution in [0.15, 0.2) is 0 Å². The molecule has 0 aliphatic carbocycles. The van der Waals surface area contributed by atoms with Gasteiger partial charge in [-0.3, -0.25) is 20.4 Å². The molecule has 1 fully saturated rings. The number of likely N-dealkylation sites (tertiary alicyclic amines) is 1. The highest BCUT2D eigenvalue weighted by atomic mass is 16.2. The first-order valence-corrected chi connectivity index (χ1v) is 4.84.